The highest BCUT2D eigenvalue weighted by atomic mass is 127. The van der Waals surface area contributed by atoms with Crippen molar-refractivity contribution >= 4 is 45.2 Å². The van der Waals surface area contributed by atoms with Crippen LogP contribution in [0.3, 0.4) is 0 Å². The molecular weight excluding hydrogens is 491 g/mol. The van der Waals surface area contributed by atoms with Crippen molar-refractivity contribution in [3.8, 4) is 0 Å². The first-order valence-corrected chi connectivity index (χ1v) is 9.18. The van der Waals surface area contributed by atoms with Gasteiger partial charge in [0, 0.05) is 13.2 Å². The molecule has 0 aromatic heterocycles. The van der Waals surface area contributed by atoms with Gasteiger partial charge in [-0.05, 0) is 100.0 Å². The van der Waals surface area contributed by atoms with E-state index in [2.05, 4.69) is 81.7 Å². The molecule has 0 spiro atoms. The minimum atomic E-state index is -0.174. The van der Waals surface area contributed by atoms with Gasteiger partial charge in [0.05, 0.1) is 0 Å². The van der Waals surface area contributed by atoms with E-state index in [0.29, 0.717) is 0 Å². The molecular formula is C17H18FI2N. The summed E-state index contributed by atoms with van der Waals surface area (Å²) >= 11 is 4.53. The maximum Gasteiger partial charge on any atom is 0.124 e. The molecule has 2 aromatic rings. The van der Waals surface area contributed by atoms with Crippen LogP contribution < -0.4 is 5.32 Å². The molecule has 0 saturated carbocycles. The summed E-state index contributed by atoms with van der Waals surface area (Å²) in [6, 6.07) is 13.9. The predicted octanol–water partition coefficient (Wildman–Crippen LogP) is 5.32. The highest BCUT2D eigenvalue weighted by Gasteiger charge is 2.15. The second-order valence-corrected chi connectivity index (χ2v) is 7.41. The van der Waals surface area contributed by atoms with Crippen LogP contribution in [0.4, 0.5) is 4.39 Å². The van der Waals surface area contributed by atoms with Crippen molar-refractivity contribution in [2.75, 3.05) is 6.54 Å². The largest absolute Gasteiger partial charge is 0.310 e. The minimum Gasteiger partial charge on any atom is -0.310 e. The van der Waals surface area contributed by atoms with Gasteiger partial charge in [0.2, 0.25) is 0 Å². The molecule has 1 unspecified atom stereocenters. The molecule has 0 bridgehead atoms. The second-order valence-electron chi connectivity index (χ2n) is 5.00. The molecule has 112 valence electrons. The summed E-state index contributed by atoms with van der Waals surface area (Å²) in [5, 5.41) is 3.58. The van der Waals surface area contributed by atoms with Crippen molar-refractivity contribution in [2.45, 2.75) is 25.8 Å². The Morgan fingerprint density at radius 2 is 1.81 bits per heavy atom. The van der Waals surface area contributed by atoms with E-state index < -0.39 is 0 Å². The van der Waals surface area contributed by atoms with Crippen LogP contribution in [0.25, 0.3) is 0 Å². The van der Waals surface area contributed by atoms with Crippen LogP contribution >= 0.6 is 45.2 Å². The summed E-state index contributed by atoms with van der Waals surface area (Å²) < 4.78 is 15.5. The van der Waals surface area contributed by atoms with Crippen LogP contribution in [-0.2, 0) is 6.42 Å². The van der Waals surface area contributed by atoms with Gasteiger partial charge in [-0.1, -0.05) is 25.1 Å². The molecule has 0 radical (unpaired) electrons. The van der Waals surface area contributed by atoms with Crippen LogP contribution in [0.15, 0.2) is 42.5 Å². The van der Waals surface area contributed by atoms with Crippen LogP contribution in [0.1, 0.15) is 30.5 Å². The Balaban J connectivity index is 2.22. The van der Waals surface area contributed by atoms with Gasteiger partial charge in [0.15, 0.2) is 0 Å². The molecule has 0 heterocycles. The number of hydrogen-bond donors (Lipinski definition) is 1. The van der Waals surface area contributed by atoms with Gasteiger partial charge >= 0.3 is 0 Å². The molecule has 2 aromatic carbocycles. The summed E-state index contributed by atoms with van der Waals surface area (Å²) in [7, 11) is 0. The molecule has 21 heavy (non-hydrogen) atoms. The van der Waals surface area contributed by atoms with Gasteiger partial charge in [0.1, 0.15) is 5.82 Å². The molecule has 0 fully saturated rings. The zero-order valence-corrected chi connectivity index (χ0v) is 16.2. The summed E-state index contributed by atoms with van der Waals surface area (Å²) in [4.78, 5) is 0. The fourth-order valence-electron chi connectivity index (χ4n) is 2.25. The van der Waals surface area contributed by atoms with Gasteiger partial charge in [-0.25, -0.2) is 4.39 Å². The lowest BCUT2D eigenvalue weighted by atomic mass is 9.98. The molecule has 0 aliphatic heterocycles. The smallest absolute Gasteiger partial charge is 0.124 e. The normalized spacial score (nSPS) is 12.4. The zero-order chi connectivity index (χ0) is 15.2. The lowest BCUT2D eigenvalue weighted by molar-refractivity contribution is 0.525. The molecule has 0 aliphatic rings. The number of halogens is 3. The van der Waals surface area contributed by atoms with E-state index >= 15 is 0 Å². The van der Waals surface area contributed by atoms with Crippen LogP contribution in [0.5, 0.6) is 0 Å². The second kappa shape index (κ2) is 8.43. The third-order valence-electron chi connectivity index (χ3n) is 3.33. The maximum atomic E-state index is 13.3. The van der Waals surface area contributed by atoms with Crippen molar-refractivity contribution < 1.29 is 4.39 Å². The summed E-state index contributed by atoms with van der Waals surface area (Å²) in [5.41, 5.74) is 2.47. The Kier molecular flexibility index (Phi) is 6.88. The van der Waals surface area contributed by atoms with E-state index in [-0.39, 0.29) is 11.9 Å². The van der Waals surface area contributed by atoms with Gasteiger partial charge in [-0.2, -0.15) is 0 Å². The minimum absolute atomic E-state index is 0.174. The molecule has 1 nitrogen and oxygen atoms in total. The van der Waals surface area contributed by atoms with Crippen molar-refractivity contribution in [1.29, 1.82) is 0 Å². The highest BCUT2D eigenvalue weighted by molar-refractivity contribution is 14.1. The first-order chi connectivity index (χ1) is 10.1. The van der Waals surface area contributed by atoms with E-state index in [4.69, 9.17) is 0 Å². The Labute approximate surface area is 153 Å². The molecule has 1 atom stereocenters. The molecule has 0 amide bonds. The van der Waals surface area contributed by atoms with Crippen molar-refractivity contribution in [3.05, 3.63) is 66.5 Å². The summed E-state index contributed by atoms with van der Waals surface area (Å²) in [5.74, 6) is -0.174. The van der Waals surface area contributed by atoms with E-state index in [1.54, 1.807) is 12.1 Å². The number of nitrogens with one attached hydrogen (secondary N) is 1. The number of rotatable bonds is 6. The average molecular weight is 509 g/mol. The Morgan fingerprint density at radius 1 is 1.10 bits per heavy atom. The van der Waals surface area contributed by atoms with Gasteiger partial charge in [0.25, 0.3) is 0 Å². The summed E-state index contributed by atoms with van der Waals surface area (Å²) in [6.45, 7) is 3.12. The molecule has 2 rings (SSSR count). The van der Waals surface area contributed by atoms with Crippen LogP contribution in [0, 0.1) is 13.0 Å². The summed E-state index contributed by atoms with van der Waals surface area (Å²) in [6.07, 6.45) is 2.00. The molecule has 0 aliphatic carbocycles. The molecule has 4 heteroatoms. The quantitative estimate of drug-likeness (QED) is 0.521. The van der Waals surface area contributed by atoms with Crippen molar-refractivity contribution in [2.24, 2.45) is 0 Å². The fourth-order valence-corrected chi connectivity index (χ4v) is 3.46. The monoisotopic (exact) mass is 509 g/mol. The third kappa shape index (κ3) is 5.17. The topological polar surface area (TPSA) is 12.0 Å². The van der Waals surface area contributed by atoms with Crippen molar-refractivity contribution in [3.63, 3.8) is 0 Å². The Hall–Kier alpha value is -0.210. The van der Waals surface area contributed by atoms with Crippen molar-refractivity contribution in [1.82, 2.24) is 5.32 Å². The van der Waals surface area contributed by atoms with Gasteiger partial charge < -0.3 is 5.32 Å². The van der Waals surface area contributed by atoms with Gasteiger partial charge in [-0.15, -0.1) is 0 Å². The SMILES string of the molecule is CCCNC(Cc1ccc(I)cc1)c1ccc(F)cc1I. The lowest BCUT2D eigenvalue weighted by Gasteiger charge is -2.20. The standard InChI is InChI=1S/C17H18FI2N/c1-2-9-21-17(10-12-3-6-14(19)7-4-12)15-8-5-13(18)11-16(15)20/h3-8,11,17,21H,2,9-10H2,1H3. The van der Waals surface area contributed by atoms with Gasteiger partial charge in [-0.3, -0.25) is 0 Å². The van der Waals surface area contributed by atoms with E-state index in [1.165, 1.54) is 14.7 Å². The molecule has 1 N–H and O–H groups in total. The van der Waals surface area contributed by atoms with E-state index in [0.717, 1.165) is 23.0 Å². The molecule has 0 saturated heterocycles. The predicted molar refractivity (Wildman–Crippen MR) is 103 cm³/mol. The van der Waals surface area contributed by atoms with E-state index in [9.17, 15) is 4.39 Å². The Morgan fingerprint density at radius 3 is 2.43 bits per heavy atom. The Bertz CT molecular complexity index is 584. The van der Waals surface area contributed by atoms with Crippen LogP contribution in [0.2, 0.25) is 0 Å². The van der Waals surface area contributed by atoms with Crippen LogP contribution in [-0.4, -0.2) is 6.54 Å². The highest BCUT2D eigenvalue weighted by Crippen LogP contribution is 2.24. The average Bonchev–Trinajstić information content (AvgIpc) is 2.46. The fraction of sp³-hybridized carbons (Fsp3) is 0.294. The first-order valence-electron chi connectivity index (χ1n) is 7.03. The first kappa shape index (κ1) is 17.1. The number of hydrogen-bond acceptors (Lipinski definition) is 1. The zero-order valence-electron chi connectivity index (χ0n) is 11.9. The third-order valence-corrected chi connectivity index (χ3v) is 4.99. The van der Waals surface area contributed by atoms with E-state index in [1.807, 2.05) is 6.07 Å². The maximum absolute atomic E-state index is 13.3. The lowest BCUT2D eigenvalue weighted by Crippen LogP contribution is -2.25. The number of benzene rings is 2.